The van der Waals surface area contributed by atoms with Gasteiger partial charge in [0.1, 0.15) is 5.82 Å². The molecule has 0 aliphatic heterocycles. The van der Waals surface area contributed by atoms with Gasteiger partial charge < -0.3 is 10.3 Å². The van der Waals surface area contributed by atoms with Crippen LogP contribution in [0.3, 0.4) is 0 Å². The fraction of sp³-hybridized carbons (Fsp3) is 0.333. The largest absolute Gasteiger partial charge is 0.349 e. The van der Waals surface area contributed by atoms with Crippen molar-refractivity contribution in [3.05, 3.63) is 80.4 Å². The third-order valence-electron chi connectivity index (χ3n) is 5.94. The van der Waals surface area contributed by atoms with E-state index in [1.54, 1.807) is 24.5 Å². The van der Waals surface area contributed by atoms with Crippen molar-refractivity contribution in [2.45, 2.75) is 45.1 Å². The van der Waals surface area contributed by atoms with E-state index < -0.39 is 0 Å². The molecular formula is C24H25BrN4O2. The van der Waals surface area contributed by atoms with E-state index in [0.717, 1.165) is 28.4 Å². The molecule has 0 spiro atoms. The number of benzene rings is 1. The van der Waals surface area contributed by atoms with Crippen LogP contribution in [0, 0.1) is 12.8 Å². The number of hydrogen-bond acceptors (Lipinski definition) is 4. The maximum Gasteiger partial charge on any atom is 0.254 e. The number of aryl methyl sites for hydroxylation is 1. The molecule has 0 radical (unpaired) electrons. The number of carbonyl (C=O) groups is 1. The molecule has 1 amide bonds. The van der Waals surface area contributed by atoms with Gasteiger partial charge in [-0.15, -0.1) is 0 Å². The average Bonchev–Trinajstić information content (AvgIpc) is 2.72. The Hall–Kier alpha value is -2.80. The van der Waals surface area contributed by atoms with Crippen LogP contribution >= 0.6 is 15.9 Å². The van der Waals surface area contributed by atoms with Crippen molar-refractivity contribution in [1.82, 2.24) is 20.3 Å². The van der Waals surface area contributed by atoms with Crippen LogP contribution in [0.4, 0.5) is 0 Å². The van der Waals surface area contributed by atoms with Crippen molar-refractivity contribution < 1.29 is 4.79 Å². The van der Waals surface area contributed by atoms with Gasteiger partial charge in [0.05, 0.1) is 6.04 Å². The van der Waals surface area contributed by atoms with E-state index in [1.165, 1.54) is 6.42 Å². The fourth-order valence-electron chi connectivity index (χ4n) is 3.95. The number of halogens is 1. The Morgan fingerprint density at radius 3 is 2.52 bits per heavy atom. The number of nitrogens with one attached hydrogen (secondary N) is 2. The van der Waals surface area contributed by atoms with E-state index in [2.05, 4.69) is 48.3 Å². The van der Waals surface area contributed by atoms with E-state index in [9.17, 15) is 9.59 Å². The molecule has 2 heterocycles. The van der Waals surface area contributed by atoms with E-state index in [0.29, 0.717) is 29.4 Å². The molecule has 0 bridgehead atoms. The maximum absolute atomic E-state index is 12.8. The van der Waals surface area contributed by atoms with Gasteiger partial charge in [-0.05, 0) is 61.9 Å². The van der Waals surface area contributed by atoms with Crippen molar-refractivity contribution in [3.63, 3.8) is 0 Å². The Morgan fingerprint density at radius 2 is 1.90 bits per heavy atom. The first-order chi connectivity index (χ1) is 15.0. The molecule has 160 valence electrons. The van der Waals surface area contributed by atoms with Gasteiger partial charge >= 0.3 is 0 Å². The highest BCUT2D eigenvalue weighted by Crippen LogP contribution is 2.38. The first-order valence-electron chi connectivity index (χ1n) is 10.6. The van der Waals surface area contributed by atoms with E-state index in [1.807, 2.05) is 19.1 Å². The average molecular weight is 481 g/mol. The normalized spacial score (nSPS) is 14.6. The number of aromatic amines is 1. The van der Waals surface area contributed by atoms with Crippen LogP contribution in [0.15, 0.2) is 58.1 Å². The van der Waals surface area contributed by atoms with Crippen LogP contribution in [-0.2, 0) is 11.2 Å². The smallest absolute Gasteiger partial charge is 0.254 e. The minimum atomic E-state index is -0.199. The monoisotopic (exact) mass is 480 g/mol. The third-order valence-corrected chi connectivity index (χ3v) is 6.47. The Morgan fingerprint density at radius 1 is 1.19 bits per heavy atom. The molecule has 1 fully saturated rings. The molecule has 1 saturated carbocycles. The van der Waals surface area contributed by atoms with Crippen molar-refractivity contribution in [2.24, 2.45) is 5.92 Å². The second-order valence-corrected chi connectivity index (χ2v) is 8.92. The molecule has 31 heavy (non-hydrogen) atoms. The lowest BCUT2D eigenvalue weighted by atomic mass is 9.77. The van der Waals surface area contributed by atoms with Crippen molar-refractivity contribution >= 4 is 21.8 Å². The number of amides is 1. The van der Waals surface area contributed by atoms with Crippen LogP contribution in [-0.4, -0.2) is 20.9 Å². The molecule has 1 aliphatic rings. The summed E-state index contributed by atoms with van der Waals surface area (Å²) in [7, 11) is 0. The van der Waals surface area contributed by atoms with Gasteiger partial charge in [0, 0.05) is 40.1 Å². The number of pyridine rings is 1. The highest BCUT2D eigenvalue weighted by atomic mass is 79.9. The minimum absolute atomic E-state index is 0.0147. The molecular weight excluding hydrogens is 456 g/mol. The lowest BCUT2D eigenvalue weighted by Gasteiger charge is -2.34. The van der Waals surface area contributed by atoms with Gasteiger partial charge in [-0.3, -0.25) is 14.6 Å². The fourth-order valence-corrected chi connectivity index (χ4v) is 4.22. The molecule has 1 unspecified atom stereocenters. The van der Waals surface area contributed by atoms with Crippen LogP contribution in [0.2, 0.25) is 0 Å². The molecule has 1 aliphatic carbocycles. The molecule has 1 aromatic carbocycles. The Balaban J connectivity index is 1.44. The highest BCUT2D eigenvalue weighted by molar-refractivity contribution is 9.10. The summed E-state index contributed by atoms with van der Waals surface area (Å²) in [5.41, 5.74) is 2.93. The van der Waals surface area contributed by atoms with E-state index in [-0.39, 0.29) is 23.9 Å². The standard InChI is InChI=1S/C24H25BrN4O2/c1-15-20(24(31)29-23(27-15)18-11-13-26-14-12-18)9-10-21(30)28-22(16-3-2-4-16)17-5-7-19(25)8-6-17/h5-8,11-14,16,22H,2-4,9-10H2,1H3,(H,28,30)(H,27,29,31). The summed E-state index contributed by atoms with van der Waals surface area (Å²) in [5, 5.41) is 3.21. The SMILES string of the molecule is Cc1nc(-c2ccncc2)[nH]c(=O)c1CCC(=O)NC(c1ccc(Br)cc1)C1CCC1. The summed E-state index contributed by atoms with van der Waals surface area (Å²) >= 11 is 3.47. The van der Waals surface area contributed by atoms with Crippen LogP contribution in [0.5, 0.6) is 0 Å². The topological polar surface area (TPSA) is 87.7 Å². The summed E-state index contributed by atoms with van der Waals surface area (Å²) in [5.74, 6) is 0.937. The third kappa shape index (κ3) is 5.10. The Kier molecular flexibility index (Phi) is 6.61. The Bertz CT molecular complexity index is 1110. The molecule has 2 aromatic heterocycles. The molecule has 1 atom stereocenters. The van der Waals surface area contributed by atoms with E-state index >= 15 is 0 Å². The number of rotatable bonds is 7. The highest BCUT2D eigenvalue weighted by Gasteiger charge is 2.29. The zero-order valence-corrected chi connectivity index (χ0v) is 19.0. The summed E-state index contributed by atoms with van der Waals surface area (Å²) < 4.78 is 1.02. The van der Waals surface area contributed by atoms with Gasteiger partial charge in [-0.1, -0.05) is 34.5 Å². The minimum Gasteiger partial charge on any atom is -0.349 e. The molecule has 2 N–H and O–H groups in total. The molecule has 6 nitrogen and oxygen atoms in total. The first-order valence-corrected chi connectivity index (χ1v) is 11.4. The van der Waals surface area contributed by atoms with Crippen LogP contribution in [0.25, 0.3) is 11.4 Å². The van der Waals surface area contributed by atoms with Gasteiger partial charge in [0.15, 0.2) is 0 Å². The summed E-state index contributed by atoms with van der Waals surface area (Å²) in [6.07, 6.45) is 7.38. The lowest BCUT2D eigenvalue weighted by Crippen LogP contribution is -2.36. The second-order valence-electron chi connectivity index (χ2n) is 8.00. The number of carbonyl (C=O) groups excluding carboxylic acids is 1. The quantitative estimate of drug-likeness (QED) is 0.521. The summed E-state index contributed by atoms with van der Waals surface area (Å²) in [4.78, 5) is 36.8. The Labute approximate surface area is 189 Å². The second kappa shape index (κ2) is 9.56. The predicted molar refractivity (Wildman–Crippen MR) is 124 cm³/mol. The van der Waals surface area contributed by atoms with Crippen molar-refractivity contribution in [3.8, 4) is 11.4 Å². The molecule has 0 saturated heterocycles. The predicted octanol–water partition coefficient (Wildman–Crippen LogP) is 4.49. The van der Waals surface area contributed by atoms with Crippen LogP contribution in [0.1, 0.15) is 48.5 Å². The number of H-pyrrole nitrogens is 1. The summed E-state index contributed by atoms with van der Waals surface area (Å²) in [6.45, 7) is 1.81. The van der Waals surface area contributed by atoms with Gasteiger partial charge in [0.2, 0.25) is 5.91 Å². The van der Waals surface area contributed by atoms with Gasteiger partial charge in [-0.2, -0.15) is 0 Å². The molecule has 3 aromatic rings. The van der Waals surface area contributed by atoms with Crippen molar-refractivity contribution in [1.29, 1.82) is 0 Å². The number of hydrogen-bond donors (Lipinski definition) is 2. The van der Waals surface area contributed by atoms with Gasteiger partial charge in [0.25, 0.3) is 5.56 Å². The first kappa shape index (κ1) is 21.4. The number of nitrogens with zero attached hydrogens (tertiary/aromatic N) is 2. The van der Waals surface area contributed by atoms with Gasteiger partial charge in [-0.25, -0.2) is 4.98 Å². The zero-order chi connectivity index (χ0) is 21.8. The lowest BCUT2D eigenvalue weighted by molar-refractivity contribution is -0.122. The summed E-state index contributed by atoms with van der Waals surface area (Å²) in [6, 6.07) is 11.7. The van der Waals surface area contributed by atoms with Crippen molar-refractivity contribution in [2.75, 3.05) is 0 Å². The molecule has 4 rings (SSSR count). The molecule has 7 heteroatoms. The number of aromatic nitrogens is 3. The maximum atomic E-state index is 12.8. The van der Waals surface area contributed by atoms with Crippen LogP contribution < -0.4 is 10.9 Å². The van der Waals surface area contributed by atoms with E-state index in [4.69, 9.17) is 0 Å². The zero-order valence-electron chi connectivity index (χ0n) is 17.4.